The first-order valence-electron chi connectivity index (χ1n) is 9.44. The SMILES string of the molecule is C=CCOc1ccc(C(=O)N2CCC(n3ncc(C(=O)O)c3C)CC2)cc1OC. The lowest BCUT2D eigenvalue weighted by Crippen LogP contribution is -2.39. The van der Waals surface area contributed by atoms with Crippen LogP contribution in [0.1, 0.15) is 45.3 Å². The van der Waals surface area contributed by atoms with E-state index in [4.69, 9.17) is 9.47 Å². The highest BCUT2D eigenvalue weighted by molar-refractivity contribution is 5.95. The predicted molar refractivity (Wildman–Crippen MR) is 107 cm³/mol. The zero-order chi connectivity index (χ0) is 21.0. The van der Waals surface area contributed by atoms with Crippen molar-refractivity contribution in [2.45, 2.75) is 25.8 Å². The Labute approximate surface area is 169 Å². The van der Waals surface area contributed by atoms with Crippen LogP contribution in [0.5, 0.6) is 11.5 Å². The maximum atomic E-state index is 12.9. The Kier molecular flexibility index (Phi) is 6.21. The number of carbonyl (C=O) groups is 2. The molecule has 0 radical (unpaired) electrons. The van der Waals surface area contributed by atoms with Gasteiger partial charge in [0.1, 0.15) is 12.2 Å². The Hall–Kier alpha value is -3.29. The number of benzene rings is 1. The van der Waals surface area contributed by atoms with E-state index in [1.807, 2.05) is 0 Å². The molecule has 2 aromatic rings. The zero-order valence-corrected chi connectivity index (χ0v) is 16.6. The number of methoxy groups -OCH3 is 1. The molecule has 0 unspecified atom stereocenters. The second-order valence-corrected chi connectivity index (χ2v) is 6.88. The summed E-state index contributed by atoms with van der Waals surface area (Å²) in [5.41, 5.74) is 1.39. The molecule has 1 aliphatic heterocycles. The van der Waals surface area contributed by atoms with Crippen LogP contribution in [0.3, 0.4) is 0 Å². The van der Waals surface area contributed by atoms with Gasteiger partial charge in [0.15, 0.2) is 11.5 Å². The zero-order valence-electron chi connectivity index (χ0n) is 16.6. The number of hydrogen-bond acceptors (Lipinski definition) is 5. The highest BCUT2D eigenvalue weighted by Crippen LogP contribution is 2.30. The second kappa shape index (κ2) is 8.81. The highest BCUT2D eigenvalue weighted by atomic mass is 16.5. The van der Waals surface area contributed by atoms with Crippen molar-refractivity contribution < 1.29 is 24.2 Å². The molecular weight excluding hydrogens is 374 g/mol. The lowest BCUT2D eigenvalue weighted by Gasteiger charge is -2.32. The fourth-order valence-electron chi connectivity index (χ4n) is 3.57. The van der Waals surface area contributed by atoms with Crippen LogP contribution in [0.25, 0.3) is 0 Å². The van der Waals surface area contributed by atoms with Gasteiger partial charge in [-0.2, -0.15) is 5.10 Å². The van der Waals surface area contributed by atoms with E-state index >= 15 is 0 Å². The number of carboxylic acids is 1. The fraction of sp³-hybridized carbons (Fsp3) is 0.381. The number of ether oxygens (including phenoxy) is 2. The number of amides is 1. The van der Waals surface area contributed by atoms with E-state index in [1.54, 1.807) is 40.8 Å². The summed E-state index contributed by atoms with van der Waals surface area (Å²) in [6.45, 7) is 6.88. The van der Waals surface area contributed by atoms with Crippen molar-refractivity contribution >= 4 is 11.9 Å². The molecule has 2 heterocycles. The van der Waals surface area contributed by atoms with Crippen molar-refractivity contribution in [1.82, 2.24) is 14.7 Å². The molecule has 0 aliphatic carbocycles. The Morgan fingerprint density at radius 2 is 2.03 bits per heavy atom. The van der Waals surface area contributed by atoms with Gasteiger partial charge in [0.05, 0.1) is 25.0 Å². The minimum Gasteiger partial charge on any atom is -0.493 e. The van der Waals surface area contributed by atoms with Crippen LogP contribution in [0.4, 0.5) is 0 Å². The summed E-state index contributed by atoms with van der Waals surface area (Å²) < 4.78 is 12.6. The third-order valence-electron chi connectivity index (χ3n) is 5.14. The minimum atomic E-state index is -0.976. The van der Waals surface area contributed by atoms with Crippen LogP contribution >= 0.6 is 0 Å². The molecule has 1 aromatic carbocycles. The number of aromatic nitrogens is 2. The minimum absolute atomic E-state index is 0.0690. The van der Waals surface area contributed by atoms with Gasteiger partial charge in [0, 0.05) is 18.7 Å². The number of carbonyl (C=O) groups excluding carboxylic acids is 1. The third kappa shape index (κ3) is 4.26. The molecule has 0 saturated carbocycles. The molecule has 1 saturated heterocycles. The molecular formula is C21H25N3O5. The van der Waals surface area contributed by atoms with Crippen molar-refractivity contribution in [2.24, 2.45) is 0 Å². The van der Waals surface area contributed by atoms with E-state index in [-0.39, 0.29) is 17.5 Å². The molecule has 154 valence electrons. The Morgan fingerprint density at radius 3 is 2.62 bits per heavy atom. The lowest BCUT2D eigenvalue weighted by molar-refractivity contribution is 0.0687. The fourth-order valence-corrected chi connectivity index (χ4v) is 3.57. The lowest BCUT2D eigenvalue weighted by atomic mass is 10.0. The topological polar surface area (TPSA) is 93.9 Å². The smallest absolute Gasteiger partial charge is 0.339 e. The van der Waals surface area contributed by atoms with E-state index in [2.05, 4.69) is 11.7 Å². The third-order valence-corrected chi connectivity index (χ3v) is 5.14. The number of likely N-dealkylation sites (tertiary alicyclic amines) is 1. The summed E-state index contributed by atoms with van der Waals surface area (Å²) in [7, 11) is 1.54. The van der Waals surface area contributed by atoms with Gasteiger partial charge in [0.25, 0.3) is 5.91 Å². The molecule has 1 aromatic heterocycles. The maximum absolute atomic E-state index is 12.9. The molecule has 0 atom stereocenters. The van der Waals surface area contributed by atoms with Gasteiger partial charge in [0.2, 0.25) is 0 Å². The van der Waals surface area contributed by atoms with Crippen molar-refractivity contribution in [3.8, 4) is 11.5 Å². The molecule has 1 N–H and O–H groups in total. The van der Waals surface area contributed by atoms with Crippen molar-refractivity contribution in [3.05, 3.63) is 53.9 Å². The predicted octanol–water partition coefficient (Wildman–Crippen LogP) is 2.94. The Morgan fingerprint density at radius 1 is 1.31 bits per heavy atom. The Balaban J connectivity index is 1.67. The van der Waals surface area contributed by atoms with Crippen LogP contribution in [-0.2, 0) is 0 Å². The van der Waals surface area contributed by atoms with Gasteiger partial charge in [-0.05, 0) is 38.0 Å². The number of hydrogen-bond donors (Lipinski definition) is 1. The van der Waals surface area contributed by atoms with Gasteiger partial charge >= 0.3 is 5.97 Å². The number of rotatable bonds is 7. The number of carboxylic acid groups (broad SMARTS) is 1. The quantitative estimate of drug-likeness (QED) is 0.720. The molecule has 1 fully saturated rings. The second-order valence-electron chi connectivity index (χ2n) is 6.88. The van der Waals surface area contributed by atoms with Gasteiger partial charge in [-0.15, -0.1) is 0 Å². The van der Waals surface area contributed by atoms with Gasteiger partial charge < -0.3 is 19.5 Å². The summed E-state index contributed by atoms with van der Waals surface area (Å²) in [6.07, 6.45) is 4.46. The van der Waals surface area contributed by atoms with Crippen molar-refractivity contribution in [3.63, 3.8) is 0 Å². The first-order valence-corrected chi connectivity index (χ1v) is 9.44. The van der Waals surface area contributed by atoms with Crippen LogP contribution in [0.2, 0.25) is 0 Å². The molecule has 8 nitrogen and oxygen atoms in total. The summed E-state index contributed by atoms with van der Waals surface area (Å²) in [5, 5.41) is 13.4. The van der Waals surface area contributed by atoms with E-state index in [1.165, 1.54) is 13.3 Å². The monoisotopic (exact) mass is 399 g/mol. The molecule has 1 amide bonds. The first kappa shape index (κ1) is 20.4. The standard InChI is InChI=1S/C21H25N3O5/c1-4-11-29-18-6-5-15(12-19(18)28-3)20(25)23-9-7-16(8-10-23)24-14(2)17(13-22-24)21(26)27/h4-6,12-13,16H,1,7-11H2,2-3H3,(H,26,27). The van der Waals surface area contributed by atoms with E-state index in [0.717, 1.165) is 0 Å². The van der Waals surface area contributed by atoms with Crippen LogP contribution in [-0.4, -0.2) is 58.5 Å². The molecule has 3 rings (SSSR count). The summed E-state index contributed by atoms with van der Waals surface area (Å²) >= 11 is 0. The number of aromatic carboxylic acids is 1. The van der Waals surface area contributed by atoms with E-state index in [0.29, 0.717) is 55.3 Å². The number of piperidine rings is 1. The van der Waals surface area contributed by atoms with Crippen molar-refractivity contribution in [1.29, 1.82) is 0 Å². The molecule has 8 heteroatoms. The first-order chi connectivity index (χ1) is 14.0. The molecule has 0 bridgehead atoms. The maximum Gasteiger partial charge on any atom is 0.339 e. The largest absolute Gasteiger partial charge is 0.493 e. The average Bonchev–Trinajstić information content (AvgIpc) is 3.13. The summed E-state index contributed by atoms with van der Waals surface area (Å²) in [4.78, 5) is 25.9. The van der Waals surface area contributed by atoms with Crippen LogP contribution in [0.15, 0.2) is 37.1 Å². The van der Waals surface area contributed by atoms with Crippen molar-refractivity contribution in [2.75, 3.05) is 26.8 Å². The van der Waals surface area contributed by atoms with E-state index in [9.17, 15) is 14.7 Å². The summed E-state index contributed by atoms with van der Waals surface area (Å²) in [6, 6.07) is 5.22. The molecule has 0 spiro atoms. The molecule has 29 heavy (non-hydrogen) atoms. The van der Waals surface area contributed by atoms with Gasteiger partial charge in [-0.3, -0.25) is 9.48 Å². The summed E-state index contributed by atoms with van der Waals surface area (Å²) in [5.74, 6) is 0.0169. The number of nitrogens with zero attached hydrogens (tertiary/aromatic N) is 3. The highest BCUT2D eigenvalue weighted by Gasteiger charge is 2.27. The van der Waals surface area contributed by atoms with Gasteiger partial charge in [-0.25, -0.2) is 4.79 Å². The van der Waals surface area contributed by atoms with Crippen LogP contribution < -0.4 is 9.47 Å². The molecule has 1 aliphatic rings. The Bertz CT molecular complexity index is 913. The van der Waals surface area contributed by atoms with Crippen LogP contribution in [0, 0.1) is 6.92 Å². The van der Waals surface area contributed by atoms with Gasteiger partial charge in [-0.1, -0.05) is 12.7 Å². The average molecular weight is 399 g/mol. The normalized spacial score (nSPS) is 14.5. The van der Waals surface area contributed by atoms with E-state index < -0.39 is 5.97 Å².